The lowest BCUT2D eigenvalue weighted by molar-refractivity contribution is 0.106. The number of nitrogens with zero attached hydrogens (tertiary/aromatic N) is 5. The minimum atomic E-state index is -0.327. The summed E-state index contributed by atoms with van der Waals surface area (Å²) in [5, 5.41) is 0.986. The molecule has 1 atom stereocenters. The number of anilines is 2. The van der Waals surface area contributed by atoms with Gasteiger partial charge in [0.05, 0.1) is 24.9 Å². The van der Waals surface area contributed by atoms with Crippen LogP contribution in [0.25, 0.3) is 10.9 Å². The smallest absolute Gasteiger partial charge is 0.414 e. The Morgan fingerprint density at radius 1 is 1.00 bits per heavy atom. The molecule has 6 rings (SSSR count). The monoisotopic (exact) mass is 477 g/mol. The van der Waals surface area contributed by atoms with Crippen molar-refractivity contribution in [2.45, 2.75) is 6.10 Å². The van der Waals surface area contributed by atoms with Crippen LogP contribution in [0.15, 0.2) is 42.7 Å². The molecule has 2 aromatic carbocycles. The molecular formula is C25H27N5O5. The van der Waals surface area contributed by atoms with Crippen LogP contribution in [0.4, 0.5) is 16.3 Å². The van der Waals surface area contributed by atoms with Crippen molar-refractivity contribution in [3.63, 3.8) is 0 Å². The molecule has 3 aliphatic heterocycles. The first-order valence-electron chi connectivity index (χ1n) is 11.8. The maximum Gasteiger partial charge on any atom is 0.414 e. The van der Waals surface area contributed by atoms with E-state index in [9.17, 15) is 4.79 Å². The van der Waals surface area contributed by atoms with E-state index in [-0.39, 0.29) is 12.2 Å². The fourth-order valence-electron chi connectivity index (χ4n) is 4.86. The van der Waals surface area contributed by atoms with Gasteiger partial charge in [-0.15, -0.1) is 0 Å². The molecule has 1 unspecified atom stereocenters. The molecular weight excluding hydrogens is 450 g/mol. The van der Waals surface area contributed by atoms with Gasteiger partial charge in [-0.3, -0.25) is 9.80 Å². The number of rotatable bonds is 5. The molecule has 3 aliphatic rings. The number of ether oxygens (including phenoxy) is 4. The molecule has 10 nitrogen and oxygen atoms in total. The molecule has 1 aromatic heterocycles. The minimum Gasteiger partial charge on any atom is -0.497 e. The van der Waals surface area contributed by atoms with Gasteiger partial charge in [-0.25, -0.2) is 14.8 Å². The zero-order valence-electron chi connectivity index (χ0n) is 19.6. The van der Waals surface area contributed by atoms with Gasteiger partial charge in [0.15, 0.2) is 11.5 Å². The van der Waals surface area contributed by atoms with Crippen molar-refractivity contribution in [2.24, 2.45) is 0 Å². The Morgan fingerprint density at radius 2 is 1.83 bits per heavy atom. The second kappa shape index (κ2) is 9.10. The Kier molecular flexibility index (Phi) is 5.65. The maximum absolute atomic E-state index is 12.6. The van der Waals surface area contributed by atoms with Gasteiger partial charge in [-0.1, -0.05) is 0 Å². The predicted molar refractivity (Wildman–Crippen MR) is 130 cm³/mol. The fraction of sp³-hybridized carbons (Fsp3) is 0.400. The van der Waals surface area contributed by atoms with Gasteiger partial charge >= 0.3 is 6.09 Å². The molecule has 2 fully saturated rings. The molecule has 2 saturated heterocycles. The minimum absolute atomic E-state index is 0.189. The van der Waals surface area contributed by atoms with Gasteiger partial charge in [0.25, 0.3) is 0 Å². The van der Waals surface area contributed by atoms with Crippen molar-refractivity contribution in [2.75, 3.05) is 69.4 Å². The summed E-state index contributed by atoms with van der Waals surface area (Å²) < 4.78 is 22.3. The highest BCUT2D eigenvalue weighted by Gasteiger charge is 2.35. The Bertz CT molecular complexity index is 1250. The fourth-order valence-corrected chi connectivity index (χ4v) is 4.86. The second-order valence-corrected chi connectivity index (χ2v) is 8.81. The molecule has 182 valence electrons. The number of piperazine rings is 1. The Morgan fingerprint density at radius 3 is 2.66 bits per heavy atom. The van der Waals surface area contributed by atoms with E-state index >= 15 is 0 Å². The molecule has 1 amide bonds. The summed E-state index contributed by atoms with van der Waals surface area (Å²) >= 11 is 0. The zero-order chi connectivity index (χ0) is 23.8. The molecule has 35 heavy (non-hydrogen) atoms. The quantitative estimate of drug-likeness (QED) is 0.550. The van der Waals surface area contributed by atoms with Crippen LogP contribution in [0.1, 0.15) is 0 Å². The number of fused-ring (bicyclic) bond motifs is 2. The number of aromatic nitrogens is 2. The van der Waals surface area contributed by atoms with Gasteiger partial charge in [0, 0.05) is 44.2 Å². The molecule has 0 radical (unpaired) electrons. The van der Waals surface area contributed by atoms with E-state index in [0.29, 0.717) is 37.8 Å². The second-order valence-electron chi connectivity index (χ2n) is 8.81. The van der Waals surface area contributed by atoms with Crippen LogP contribution in [0.5, 0.6) is 17.2 Å². The lowest BCUT2D eigenvalue weighted by atomic mass is 10.2. The number of carbonyl (C=O) groups excluding carboxylic acids is 1. The summed E-state index contributed by atoms with van der Waals surface area (Å²) in [7, 11) is 1.66. The van der Waals surface area contributed by atoms with Gasteiger partial charge < -0.3 is 23.8 Å². The predicted octanol–water partition coefficient (Wildman–Crippen LogP) is 2.56. The van der Waals surface area contributed by atoms with E-state index < -0.39 is 0 Å². The van der Waals surface area contributed by atoms with Crippen molar-refractivity contribution < 1.29 is 23.7 Å². The van der Waals surface area contributed by atoms with Crippen LogP contribution in [-0.2, 0) is 4.74 Å². The van der Waals surface area contributed by atoms with Crippen LogP contribution in [0.3, 0.4) is 0 Å². The van der Waals surface area contributed by atoms with Crippen molar-refractivity contribution in [3.8, 4) is 17.2 Å². The molecule has 10 heteroatoms. The molecule has 0 N–H and O–H groups in total. The third kappa shape index (κ3) is 4.25. The normalized spacial score (nSPS) is 20.3. The summed E-state index contributed by atoms with van der Waals surface area (Å²) in [4.78, 5) is 27.8. The summed E-state index contributed by atoms with van der Waals surface area (Å²) in [6.45, 7) is 5.61. The van der Waals surface area contributed by atoms with Crippen molar-refractivity contribution in [1.29, 1.82) is 0 Å². The number of hydrogen-bond acceptors (Lipinski definition) is 9. The molecule has 0 spiro atoms. The molecule has 4 heterocycles. The first kappa shape index (κ1) is 21.7. The molecule has 0 bridgehead atoms. The SMILES string of the molecule is COc1ccc2ncnc(N3CCN(CC4CN(c5ccc6c(c5)OCCO6)C(=O)O4)CC3)c2c1. The first-order chi connectivity index (χ1) is 17.2. The average molecular weight is 478 g/mol. The maximum atomic E-state index is 12.6. The highest BCUT2D eigenvalue weighted by molar-refractivity contribution is 5.91. The Labute approximate surface area is 203 Å². The van der Waals surface area contributed by atoms with Crippen LogP contribution >= 0.6 is 0 Å². The largest absolute Gasteiger partial charge is 0.497 e. The van der Waals surface area contributed by atoms with Crippen molar-refractivity contribution in [3.05, 3.63) is 42.7 Å². The van der Waals surface area contributed by atoms with Gasteiger partial charge in [-0.05, 0) is 30.3 Å². The van der Waals surface area contributed by atoms with E-state index in [1.54, 1.807) is 18.3 Å². The summed E-state index contributed by atoms with van der Waals surface area (Å²) in [5.74, 6) is 3.08. The number of carbonyl (C=O) groups is 1. The van der Waals surface area contributed by atoms with E-state index in [4.69, 9.17) is 18.9 Å². The molecule has 3 aromatic rings. The zero-order valence-corrected chi connectivity index (χ0v) is 19.6. The van der Waals surface area contributed by atoms with Crippen LogP contribution in [-0.4, -0.2) is 86.7 Å². The number of methoxy groups -OCH3 is 1. The highest BCUT2D eigenvalue weighted by atomic mass is 16.6. The summed E-state index contributed by atoms with van der Waals surface area (Å²) in [6.07, 6.45) is 1.10. The topological polar surface area (TPSA) is 89.5 Å². The standard InChI is InChI=1S/C25H27N5O5/c1-32-18-3-4-21-20(13-18)24(27-16-26-21)29-8-6-28(7-9-29)14-19-15-30(25(31)35-19)17-2-5-22-23(12-17)34-11-10-33-22/h2-5,12-13,16,19H,6-11,14-15H2,1H3. The van der Waals surface area contributed by atoms with Crippen LogP contribution in [0.2, 0.25) is 0 Å². The van der Waals surface area contributed by atoms with E-state index in [1.165, 1.54) is 0 Å². The summed E-state index contributed by atoms with van der Waals surface area (Å²) in [5.41, 5.74) is 1.66. The highest BCUT2D eigenvalue weighted by Crippen LogP contribution is 2.35. The van der Waals surface area contributed by atoms with Crippen LogP contribution < -0.4 is 24.0 Å². The number of benzene rings is 2. The van der Waals surface area contributed by atoms with Gasteiger partial charge in [-0.2, -0.15) is 0 Å². The van der Waals surface area contributed by atoms with E-state index in [2.05, 4.69) is 19.8 Å². The third-order valence-electron chi connectivity index (χ3n) is 6.67. The number of cyclic esters (lactones) is 1. The average Bonchev–Trinajstić information content (AvgIpc) is 3.27. The summed E-state index contributed by atoms with van der Waals surface area (Å²) in [6, 6.07) is 11.4. The Hall–Kier alpha value is -3.79. The molecule has 0 aliphatic carbocycles. The lowest BCUT2D eigenvalue weighted by Crippen LogP contribution is -2.49. The van der Waals surface area contributed by atoms with E-state index in [0.717, 1.165) is 54.3 Å². The van der Waals surface area contributed by atoms with Crippen molar-refractivity contribution in [1.82, 2.24) is 14.9 Å². The van der Waals surface area contributed by atoms with Crippen LogP contribution in [0, 0.1) is 0 Å². The van der Waals surface area contributed by atoms with E-state index in [1.807, 2.05) is 36.4 Å². The Balaban J connectivity index is 1.08. The van der Waals surface area contributed by atoms with Crippen molar-refractivity contribution >= 4 is 28.5 Å². The number of hydrogen-bond donors (Lipinski definition) is 0. The number of amides is 1. The molecule has 0 saturated carbocycles. The first-order valence-corrected chi connectivity index (χ1v) is 11.8. The van der Waals surface area contributed by atoms with Gasteiger partial charge in [0.1, 0.15) is 37.2 Å². The van der Waals surface area contributed by atoms with Gasteiger partial charge in [0.2, 0.25) is 0 Å². The lowest BCUT2D eigenvalue weighted by Gasteiger charge is -2.36. The third-order valence-corrected chi connectivity index (χ3v) is 6.67.